The lowest BCUT2D eigenvalue weighted by Gasteiger charge is -2.02. The van der Waals surface area contributed by atoms with E-state index in [1.165, 1.54) is 18.1 Å². The average molecular weight is 363 g/mol. The van der Waals surface area contributed by atoms with E-state index in [4.69, 9.17) is 0 Å². The van der Waals surface area contributed by atoms with Crippen molar-refractivity contribution < 1.29 is 0 Å². The standard InChI is InChI=1S/C9H5Br2N3OS/c10-5-2-1-3-12-8(5)16-9-6(11)7(15)13-4-14-9/h1-4H,(H,13,14,15). The third-order valence-corrected chi connectivity index (χ3v) is 4.60. The molecule has 2 rings (SSSR count). The Kier molecular flexibility index (Phi) is 3.78. The average Bonchev–Trinajstić information content (AvgIpc) is 2.28. The van der Waals surface area contributed by atoms with Crippen LogP contribution in [0, 0.1) is 0 Å². The summed E-state index contributed by atoms with van der Waals surface area (Å²) in [6, 6.07) is 3.71. The minimum atomic E-state index is -0.204. The van der Waals surface area contributed by atoms with Crippen LogP contribution in [-0.2, 0) is 0 Å². The van der Waals surface area contributed by atoms with Crippen molar-refractivity contribution in [1.82, 2.24) is 15.0 Å². The second-order valence-corrected chi connectivity index (χ2v) is 5.37. The van der Waals surface area contributed by atoms with E-state index in [1.54, 1.807) is 6.20 Å². The summed E-state index contributed by atoms with van der Waals surface area (Å²) in [5.41, 5.74) is -0.204. The van der Waals surface area contributed by atoms with Crippen molar-refractivity contribution in [3.8, 4) is 0 Å². The zero-order chi connectivity index (χ0) is 11.5. The number of aromatic amines is 1. The summed E-state index contributed by atoms with van der Waals surface area (Å²) in [7, 11) is 0. The summed E-state index contributed by atoms with van der Waals surface area (Å²) in [6.07, 6.45) is 3.06. The molecule has 0 fully saturated rings. The number of hydrogen-bond acceptors (Lipinski definition) is 4. The molecule has 0 radical (unpaired) electrons. The molecule has 2 heterocycles. The molecule has 0 unspecified atom stereocenters. The van der Waals surface area contributed by atoms with Gasteiger partial charge < -0.3 is 4.98 Å². The highest BCUT2D eigenvalue weighted by Crippen LogP contribution is 2.32. The molecule has 0 atom stereocenters. The van der Waals surface area contributed by atoms with Crippen molar-refractivity contribution in [3.05, 3.63) is 44.0 Å². The fourth-order valence-corrected chi connectivity index (χ4v) is 2.68. The zero-order valence-corrected chi connectivity index (χ0v) is 11.8. The third-order valence-electron chi connectivity index (χ3n) is 1.68. The molecule has 0 saturated carbocycles. The number of rotatable bonds is 2. The van der Waals surface area contributed by atoms with E-state index in [0.29, 0.717) is 9.50 Å². The van der Waals surface area contributed by atoms with Crippen LogP contribution in [0.5, 0.6) is 0 Å². The van der Waals surface area contributed by atoms with E-state index in [-0.39, 0.29) is 5.56 Å². The largest absolute Gasteiger partial charge is 0.312 e. The topological polar surface area (TPSA) is 58.6 Å². The Morgan fingerprint density at radius 1 is 1.25 bits per heavy atom. The highest BCUT2D eigenvalue weighted by atomic mass is 79.9. The lowest BCUT2D eigenvalue weighted by atomic mass is 10.5. The van der Waals surface area contributed by atoms with Gasteiger partial charge in [0.2, 0.25) is 0 Å². The number of hydrogen-bond donors (Lipinski definition) is 1. The summed E-state index contributed by atoms with van der Waals surface area (Å²) in [6.45, 7) is 0. The van der Waals surface area contributed by atoms with Crippen LogP contribution in [0.2, 0.25) is 0 Å². The molecule has 0 saturated heterocycles. The van der Waals surface area contributed by atoms with Crippen LogP contribution >= 0.6 is 43.6 Å². The smallest absolute Gasteiger partial charge is 0.266 e. The molecular weight excluding hydrogens is 358 g/mol. The van der Waals surface area contributed by atoms with Crippen LogP contribution in [0.4, 0.5) is 0 Å². The van der Waals surface area contributed by atoms with Gasteiger partial charge in [-0.15, -0.1) is 0 Å². The van der Waals surface area contributed by atoms with E-state index in [9.17, 15) is 4.79 Å². The number of nitrogens with one attached hydrogen (secondary N) is 1. The van der Waals surface area contributed by atoms with Crippen molar-refractivity contribution in [2.75, 3.05) is 0 Å². The predicted molar refractivity (Wildman–Crippen MR) is 68.6 cm³/mol. The Labute approximate surface area is 112 Å². The van der Waals surface area contributed by atoms with Gasteiger partial charge in [-0.05, 0) is 55.8 Å². The number of aromatic nitrogens is 3. The summed E-state index contributed by atoms with van der Waals surface area (Å²) < 4.78 is 1.28. The Hall–Kier alpha value is -0.660. The first-order chi connectivity index (χ1) is 7.68. The maximum absolute atomic E-state index is 11.3. The first-order valence-electron chi connectivity index (χ1n) is 4.20. The van der Waals surface area contributed by atoms with Crippen molar-refractivity contribution in [1.29, 1.82) is 0 Å². The molecular formula is C9H5Br2N3OS. The first-order valence-corrected chi connectivity index (χ1v) is 6.60. The molecule has 0 aliphatic heterocycles. The van der Waals surface area contributed by atoms with Crippen LogP contribution in [0.3, 0.4) is 0 Å². The van der Waals surface area contributed by atoms with Crippen LogP contribution in [-0.4, -0.2) is 15.0 Å². The molecule has 7 heteroatoms. The second kappa shape index (κ2) is 5.11. The van der Waals surface area contributed by atoms with Gasteiger partial charge in [0.1, 0.15) is 14.5 Å². The summed E-state index contributed by atoms with van der Waals surface area (Å²) in [5.74, 6) is 0. The van der Waals surface area contributed by atoms with Gasteiger partial charge in [-0.3, -0.25) is 4.79 Å². The van der Waals surface area contributed by atoms with E-state index >= 15 is 0 Å². The Bertz CT molecular complexity index is 573. The van der Waals surface area contributed by atoms with Crippen molar-refractivity contribution in [3.63, 3.8) is 0 Å². The monoisotopic (exact) mass is 361 g/mol. The maximum atomic E-state index is 11.3. The molecule has 4 nitrogen and oxygen atoms in total. The molecule has 0 amide bonds. The quantitative estimate of drug-likeness (QED) is 0.834. The van der Waals surface area contributed by atoms with Gasteiger partial charge in [-0.1, -0.05) is 0 Å². The summed E-state index contributed by atoms with van der Waals surface area (Å²) in [5, 5.41) is 1.35. The van der Waals surface area contributed by atoms with Gasteiger partial charge in [0.15, 0.2) is 0 Å². The van der Waals surface area contributed by atoms with Gasteiger partial charge >= 0.3 is 0 Å². The molecule has 0 aliphatic carbocycles. The van der Waals surface area contributed by atoms with Crippen LogP contribution in [0.15, 0.2) is 48.4 Å². The number of H-pyrrole nitrogens is 1. The van der Waals surface area contributed by atoms with Crippen LogP contribution in [0.1, 0.15) is 0 Å². The first kappa shape index (κ1) is 11.8. The molecule has 0 bridgehead atoms. The van der Waals surface area contributed by atoms with Gasteiger partial charge in [0.05, 0.1) is 10.8 Å². The molecule has 2 aromatic rings. The highest BCUT2D eigenvalue weighted by molar-refractivity contribution is 9.10. The van der Waals surface area contributed by atoms with Gasteiger partial charge in [-0.25, -0.2) is 9.97 Å². The van der Waals surface area contributed by atoms with Crippen LogP contribution in [0.25, 0.3) is 0 Å². The number of nitrogens with zero attached hydrogens (tertiary/aromatic N) is 2. The van der Waals surface area contributed by atoms with Gasteiger partial charge in [0, 0.05) is 6.20 Å². The number of halogens is 2. The fourth-order valence-electron chi connectivity index (χ4n) is 0.976. The minimum absolute atomic E-state index is 0.204. The molecule has 0 aromatic carbocycles. The summed E-state index contributed by atoms with van der Waals surface area (Å²) in [4.78, 5) is 22.1. The molecule has 82 valence electrons. The van der Waals surface area contributed by atoms with Crippen molar-refractivity contribution in [2.24, 2.45) is 0 Å². The van der Waals surface area contributed by atoms with Gasteiger partial charge in [-0.2, -0.15) is 0 Å². The molecule has 1 N–H and O–H groups in total. The van der Waals surface area contributed by atoms with Crippen LogP contribution < -0.4 is 5.56 Å². The molecule has 0 spiro atoms. The maximum Gasteiger partial charge on any atom is 0.266 e. The van der Waals surface area contributed by atoms with Crippen molar-refractivity contribution >= 4 is 43.6 Å². The predicted octanol–water partition coefficient (Wildman–Crippen LogP) is 2.84. The molecule has 0 aliphatic rings. The van der Waals surface area contributed by atoms with E-state index in [0.717, 1.165) is 9.50 Å². The van der Waals surface area contributed by atoms with E-state index < -0.39 is 0 Å². The normalized spacial score (nSPS) is 10.4. The lowest BCUT2D eigenvalue weighted by molar-refractivity contribution is 0.983. The minimum Gasteiger partial charge on any atom is -0.312 e. The fraction of sp³-hybridized carbons (Fsp3) is 0. The highest BCUT2D eigenvalue weighted by Gasteiger charge is 2.09. The van der Waals surface area contributed by atoms with E-state index in [1.807, 2.05) is 12.1 Å². The van der Waals surface area contributed by atoms with Crippen molar-refractivity contribution in [2.45, 2.75) is 10.1 Å². The Morgan fingerprint density at radius 3 is 2.81 bits per heavy atom. The third kappa shape index (κ3) is 2.53. The van der Waals surface area contributed by atoms with E-state index in [2.05, 4.69) is 46.8 Å². The molecule has 2 aromatic heterocycles. The van der Waals surface area contributed by atoms with Gasteiger partial charge in [0.25, 0.3) is 5.56 Å². The second-order valence-electron chi connectivity index (χ2n) is 2.74. The SMILES string of the molecule is O=c1[nH]cnc(Sc2ncccc2Br)c1Br. The Balaban J connectivity index is 2.38. The summed E-state index contributed by atoms with van der Waals surface area (Å²) >= 11 is 7.90. The lowest BCUT2D eigenvalue weighted by Crippen LogP contribution is -2.07. The Morgan fingerprint density at radius 2 is 2.06 bits per heavy atom. The number of pyridine rings is 1. The zero-order valence-electron chi connectivity index (χ0n) is 7.78. The molecule has 16 heavy (non-hydrogen) atoms.